The van der Waals surface area contributed by atoms with Crippen LogP contribution >= 0.6 is 0 Å². The van der Waals surface area contributed by atoms with E-state index in [2.05, 4.69) is 234 Å². The Hall–Kier alpha value is -7.88. The largest absolute Gasteiger partial charge is 0.311 e. The molecule has 0 aliphatic carbocycles. The average molecular weight is 773 g/mol. The lowest BCUT2D eigenvalue weighted by atomic mass is 9.33. The van der Waals surface area contributed by atoms with Gasteiger partial charge in [0.25, 0.3) is 6.71 Å². The molecule has 282 valence electrons. The maximum absolute atomic E-state index is 2.58. The van der Waals surface area contributed by atoms with Gasteiger partial charge in [-0.3, -0.25) is 0 Å². The first kappa shape index (κ1) is 34.0. The van der Waals surface area contributed by atoms with E-state index >= 15 is 0 Å². The molecule has 2 aliphatic rings. The van der Waals surface area contributed by atoms with Crippen LogP contribution < -0.4 is 26.2 Å². The van der Waals surface area contributed by atoms with E-state index in [9.17, 15) is 0 Å². The normalized spacial score (nSPS) is 12.8. The molecule has 11 aromatic rings. The van der Waals surface area contributed by atoms with Crippen molar-refractivity contribution in [2.45, 2.75) is 0 Å². The fourth-order valence-corrected chi connectivity index (χ4v) is 10.4. The molecule has 0 unspecified atom stereocenters. The maximum Gasteiger partial charge on any atom is 0.252 e. The molecule has 0 fully saturated rings. The van der Waals surface area contributed by atoms with E-state index in [1.54, 1.807) is 0 Å². The quantitative estimate of drug-likeness (QED) is 0.127. The Morgan fingerprint density at radius 2 is 0.787 bits per heavy atom. The second-order valence-electron chi connectivity index (χ2n) is 16.5. The number of fused-ring (bicyclic) bond motifs is 4. The Bertz CT molecular complexity index is 3460. The van der Waals surface area contributed by atoms with Crippen molar-refractivity contribution in [3.8, 4) is 33.4 Å². The summed E-state index contributed by atoms with van der Waals surface area (Å²) >= 11 is 0. The summed E-state index contributed by atoms with van der Waals surface area (Å²) in [6, 6.07) is 83.2. The van der Waals surface area contributed by atoms with Gasteiger partial charge in [-0.15, -0.1) is 0 Å². The average Bonchev–Trinajstić information content (AvgIpc) is 3.34. The summed E-state index contributed by atoms with van der Waals surface area (Å²) in [5.74, 6) is 0. The van der Waals surface area contributed by atoms with Crippen LogP contribution in [0.5, 0.6) is 0 Å². The third kappa shape index (κ3) is 5.17. The number of nitrogens with zero attached hydrogens (tertiary/aromatic N) is 2. The zero-order valence-electron chi connectivity index (χ0n) is 33.3. The SMILES string of the molecule is c1ccc(-c2ccc(N3c4ccc(-c5ccccc5)cc4B4c5ccccc5N(c5ccc6ccc7cccc8ccc5c6c78)c5cc(-c6ccccc6)cc3c54)cc2)cc1. The second kappa shape index (κ2) is 13.3. The topological polar surface area (TPSA) is 6.48 Å². The highest BCUT2D eigenvalue weighted by Gasteiger charge is 2.44. The molecule has 2 heterocycles. The predicted octanol–water partition coefficient (Wildman–Crippen LogP) is 13.7. The molecule has 0 aromatic heterocycles. The summed E-state index contributed by atoms with van der Waals surface area (Å²) in [4.78, 5) is 5.10. The van der Waals surface area contributed by atoms with Gasteiger partial charge in [-0.2, -0.15) is 0 Å². The molecule has 3 heteroatoms. The molecule has 0 saturated heterocycles. The Morgan fingerprint density at radius 3 is 1.49 bits per heavy atom. The van der Waals surface area contributed by atoms with Crippen LogP contribution in [0, 0.1) is 0 Å². The number of anilines is 6. The van der Waals surface area contributed by atoms with Crippen molar-refractivity contribution in [1.29, 1.82) is 0 Å². The molecule has 0 saturated carbocycles. The zero-order chi connectivity index (χ0) is 40.0. The van der Waals surface area contributed by atoms with E-state index in [0.29, 0.717) is 0 Å². The molecule has 13 rings (SSSR count). The molecule has 0 radical (unpaired) electrons. The number of benzene rings is 11. The minimum absolute atomic E-state index is 0.000523. The van der Waals surface area contributed by atoms with Crippen molar-refractivity contribution >= 4 is 89.5 Å². The molecular weight excluding hydrogens is 735 g/mol. The molecular formula is C58H37BN2. The lowest BCUT2D eigenvalue weighted by molar-refractivity contribution is 1.26. The van der Waals surface area contributed by atoms with Crippen LogP contribution in [0.2, 0.25) is 0 Å². The summed E-state index contributed by atoms with van der Waals surface area (Å²) in [7, 11) is 0. The van der Waals surface area contributed by atoms with Gasteiger partial charge in [0.05, 0.1) is 5.69 Å². The molecule has 0 spiro atoms. The minimum Gasteiger partial charge on any atom is -0.311 e. The standard InChI is InChI=1S/C58H37BN2/c1-4-13-38(14-5-1)41-25-30-47(31-26-41)60-53-34-29-45(39-15-6-2-7-16-39)35-50(53)59-49-21-10-11-22-52(49)61(55-37-46(36-54(60)58(55)59)40-17-8-3-9-18-40)51-33-28-44-24-23-42-19-12-20-43-27-32-48(51)57(44)56(42)43/h1-37H. The lowest BCUT2D eigenvalue weighted by Crippen LogP contribution is -2.61. The van der Waals surface area contributed by atoms with Crippen LogP contribution in [0.3, 0.4) is 0 Å². The van der Waals surface area contributed by atoms with Crippen molar-refractivity contribution in [1.82, 2.24) is 0 Å². The fraction of sp³-hybridized carbons (Fsp3) is 0. The Labute approximate surface area is 355 Å². The number of hydrogen-bond acceptors (Lipinski definition) is 2. The first-order valence-corrected chi connectivity index (χ1v) is 21.2. The van der Waals surface area contributed by atoms with Crippen LogP contribution in [0.15, 0.2) is 224 Å². The van der Waals surface area contributed by atoms with Gasteiger partial charge < -0.3 is 9.80 Å². The third-order valence-electron chi connectivity index (χ3n) is 13.2. The van der Waals surface area contributed by atoms with Crippen molar-refractivity contribution < 1.29 is 0 Å². The van der Waals surface area contributed by atoms with Crippen molar-refractivity contribution in [2.75, 3.05) is 9.80 Å². The zero-order valence-corrected chi connectivity index (χ0v) is 33.3. The van der Waals surface area contributed by atoms with Gasteiger partial charge in [-0.05, 0) is 119 Å². The molecule has 11 aromatic carbocycles. The highest BCUT2D eigenvalue weighted by molar-refractivity contribution is 7.00. The summed E-state index contributed by atoms with van der Waals surface area (Å²) in [5.41, 5.74) is 18.3. The molecule has 0 N–H and O–H groups in total. The number of para-hydroxylation sites is 1. The first-order valence-electron chi connectivity index (χ1n) is 21.2. The van der Waals surface area contributed by atoms with E-state index in [4.69, 9.17) is 0 Å². The fourth-order valence-electron chi connectivity index (χ4n) is 10.4. The Kier molecular flexibility index (Phi) is 7.43. The summed E-state index contributed by atoms with van der Waals surface area (Å²) in [6.07, 6.45) is 0. The molecule has 0 atom stereocenters. The lowest BCUT2D eigenvalue weighted by Gasteiger charge is -2.44. The van der Waals surface area contributed by atoms with E-state index in [0.717, 1.165) is 5.69 Å². The monoisotopic (exact) mass is 772 g/mol. The van der Waals surface area contributed by atoms with Crippen molar-refractivity contribution in [2.24, 2.45) is 0 Å². The van der Waals surface area contributed by atoms with E-state index in [-0.39, 0.29) is 6.71 Å². The van der Waals surface area contributed by atoms with Gasteiger partial charge in [-0.25, -0.2) is 0 Å². The summed E-state index contributed by atoms with van der Waals surface area (Å²) in [5, 5.41) is 7.71. The van der Waals surface area contributed by atoms with Crippen molar-refractivity contribution in [3.63, 3.8) is 0 Å². The van der Waals surface area contributed by atoms with Crippen LogP contribution in [0.4, 0.5) is 34.1 Å². The predicted molar refractivity (Wildman–Crippen MR) is 260 cm³/mol. The highest BCUT2D eigenvalue weighted by atomic mass is 15.2. The van der Waals surface area contributed by atoms with Gasteiger partial charge in [-0.1, -0.05) is 182 Å². The van der Waals surface area contributed by atoms with Gasteiger partial charge in [0.15, 0.2) is 0 Å². The van der Waals surface area contributed by atoms with Crippen molar-refractivity contribution in [3.05, 3.63) is 224 Å². The van der Waals surface area contributed by atoms with Gasteiger partial charge in [0.1, 0.15) is 0 Å². The highest BCUT2D eigenvalue weighted by Crippen LogP contribution is 2.49. The van der Waals surface area contributed by atoms with E-state index in [1.807, 2.05) is 0 Å². The third-order valence-corrected chi connectivity index (χ3v) is 13.2. The molecule has 2 aliphatic heterocycles. The number of rotatable bonds is 5. The Balaban J connectivity index is 1.13. The molecule has 61 heavy (non-hydrogen) atoms. The van der Waals surface area contributed by atoms with Gasteiger partial charge >= 0.3 is 0 Å². The van der Waals surface area contributed by atoms with Crippen LogP contribution in [0.25, 0.3) is 65.7 Å². The molecule has 2 nitrogen and oxygen atoms in total. The first-order chi connectivity index (χ1) is 30.3. The maximum atomic E-state index is 2.58. The van der Waals surface area contributed by atoms with Crippen LogP contribution in [-0.4, -0.2) is 6.71 Å². The van der Waals surface area contributed by atoms with Crippen LogP contribution in [-0.2, 0) is 0 Å². The minimum atomic E-state index is 0.000523. The van der Waals surface area contributed by atoms with E-state index in [1.165, 1.54) is 111 Å². The summed E-state index contributed by atoms with van der Waals surface area (Å²) in [6.45, 7) is 0.000523. The molecule has 0 amide bonds. The van der Waals surface area contributed by atoms with Gasteiger partial charge in [0.2, 0.25) is 0 Å². The summed E-state index contributed by atoms with van der Waals surface area (Å²) < 4.78 is 0. The Morgan fingerprint density at radius 1 is 0.279 bits per heavy atom. The van der Waals surface area contributed by atoms with Crippen LogP contribution in [0.1, 0.15) is 0 Å². The second-order valence-corrected chi connectivity index (χ2v) is 16.5. The van der Waals surface area contributed by atoms with E-state index < -0.39 is 0 Å². The molecule has 0 bridgehead atoms. The van der Waals surface area contributed by atoms with Gasteiger partial charge in [0, 0.05) is 33.8 Å². The number of hydrogen-bond donors (Lipinski definition) is 0. The smallest absolute Gasteiger partial charge is 0.252 e.